The highest BCUT2D eigenvalue weighted by Gasteiger charge is 2.11. The second-order valence-corrected chi connectivity index (χ2v) is 2.85. The van der Waals surface area contributed by atoms with Crippen LogP contribution in [0.3, 0.4) is 0 Å². The van der Waals surface area contributed by atoms with Crippen molar-refractivity contribution in [3.63, 3.8) is 0 Å². The van der Waals surface area contributed by atoms with Crippen LogP contribution < -0.4 is 9.47 Å². The lowest BCUT2D eigenvalue weighted by Crippen LogP contribution is -1.97. The molecule has 0 aromatic heterocycles. The van der Waals surface area contributed by atoms with Gasteiger partial charge in [0.05, 0.1) is 6.61 Å². The maximum Gasteiger partial charge on any atom is 0.157 e. The Kier molecular flexibility index (Phi) is 2.17. The Morgan fingerprint density at radius 3 is 3.31 bits per heavy atom. The van der Waals surface area contributed by atoms with Crippen molar-refractivity contribution in [3.8, 4) is 11.5 Å². The highest BCUT2D eigenvalue weighted by atomic mass is 16.5. The predicted molar refractivity (Wildman–Crippen MR) is 47.2 cm³/mol. The molecule has 0 atom stereocenters. The first-order valence-corrected chi connectivity index (χ1v) is 4.22. The van der Waals surface area contributed by atoms with E-state index in [1.807, 2.05) is 18.2 Å². The van der Waals surface area contributed by atoms with Crippen LogP contribution in [-0.4, -0.2) is 19.5 Å². The van der Waals surface area contributed by atoms with Gasteiger partial charge >= 0.3 is 0 Å². The molecule has 1 aromatic rings. The Labute approximate surface area is 76.3 Å². The zero-order chi connectivity index (χ0) is 9.10. The molecule has 0 amide bonds. The number of aldehydes is 1. The van der Waals surface area contributed by atoms with Crippen molar-refractivity contribution in [2.45, 2.75) is 6.42 Å². The molecule has 2 rings (SSSR count). The van der Waals surface area contributed by atoms with Crippen molar-refractivity contribution in [2.24, 2.45) is 0 Å². The maximum absolute atomic E-state index is 10.1. The fourth-order valence-corrected chi connectivity index (χ4v) is 1.37. The van der Waals surface area contributed by atoms with Crippen LogP contribution >= 0.6 is 0 Å². The summed E-state index contributed by atoms with van der Waals surface area (Å²) in [6.07, 6.45) is 1.69. The highest BCUT2D eigenvalue weighted by molar-refractivity contribution is 5.52. The minimum absolute atomic E-state index is 0.0960. The van der Waals surface area contributed by atoms with Gasteiger partial charge in [0.2, 0.25) is 0 Å². The third-order valence-corrected chi connectivity index (χ3v) is 1.99. The SMILES string of the molecule is O=CCOc1ccc2c(c1)OCC2. The van der Waals surface area contributed by atoms with E-state index in [-0.39, 0.29) is 6.61 Å². The van der Waals surface area contributed by atoms with Gasteiger partial charge in [0.15, 0.2) is 6.29 Å². The number of benzene rings is 1. The van der Waals surface area contributed by atoms with Crippen LogP contribution in [-0.2, 0) is 11.2 Å². The lowest BCUT2D eigenvalue weighted by molar-refractivity contribution is -0.109. The van der Waals surface area contributed by atoms with Crippen molar-refractivity contribution in [1.82, 2.24) is 0 Å². The van der Waals surface area contributed by atoms with Crippen LogP contribution in [0.5, 0.6) is 11.5 Å². The van der Waals surface area contributed by atoms with Crippen LogP contribution in [0.1, 0.15) is 5.56 Å². The molecule has 3 heteroatoms. The average Bonchev–Trinajstić information content (AvgIpc) is 2.61. The van der Waals surface area contributed by atoms with E-state index in [4.69, 9.17) is 9.47 Å². The first kappa shape index (κ1) is 8.10. The van der Waals surface area contributed by atoms with E-state index in [1.165, 1.54) is 5.56 Å². The molecule has 0 bridgehead atoms. The van der Waals surface area contributed by atoms with Gasteiger partial charge in [-0.25, -0.2) is 0 Å². The van der Waals surface area contributed by atoms with Gasteiger partial charge in [0, 0.05) is 12.5 Å². The third-order valence-electron chi connectivity index (χ3n) is 1.99. The summed E-state index contributed by atoms with van der Waals surface area (Å²) in [4.78, 5) is 10.1. The van der Waals surface area contributed by atoms with Gasteiger partial charge in [-0.1, -0.05) is 6.07 Å². The van der Waals surface area contributed by atoms with E-state index in [0.29, 0.717) is 5.75 Å². The van der Waals surface area contributed by atoms with Crippen molar-refractivity contribution >= 4 is 6.29 Å². The van der Waals surface area contributed by atoms with E-state index in [1.54, 1.807) is 0 Å². The first-order chi connectivity index (χ1) is 6.40. The Hall–Kier alpha value is -1.51. The minimum atomic E-state index is 0.0960. The number of rotatable bonds is 3. The smallest absolute Gasteiger partial charge is 0.157 e. The summed E-state index contributed by atoms with van der Waals surface area (Å²) in [7, 11) is 0. The van der Waals surface area contributed by atoms with Gasteiger partial charge in [-0.2, -0.15) is 0 Å². The largest absolute Gasteiger partial charge is 0.493 e. The number of hydrogen-bond acceptors (Lipinski definition) is 3. The molecular weight excluding hydrogens is 168 g/mol. The molecule has 0 spiro atoms. The Morgan fingerprint density at radius 1 is 1.54 bits per heavy atom. The Balaban J connectivity index is 2.16. The van der Waals surface area contributed by atoms with Crippen LogP contribution in [0, 0.1) is 0 Å². The number of fused-ring (bicyclic) bond motifs is 1. The van der Waals surface area contributed by atoms with Crippen molar-refractivity contribution in [2.75, 3.05) is 13.2 Å². The van der Waals surface area contributed by atoms with Gasteiger partial charge in [0.1, 0.15) is 18.1 Å². The molecule has 0 unspecified atom stereocenters. The van der Waals surface area contributed by atoms with Gasteiger partial charge in [-0.15, -0.1) is 0 Å². The normalized spacial score (nSPS) is 13.2. The zero-order valence-corrected chi connectivity index (χ0v) is 7.16. The maximum atomic E-state index is 10.1. The molecule has 0 fully saturated rings. The summed E-state index contributed by atoms with van der Waals surface area (Å²) in [5.74, 6) is 1.57. The molecule has 0 saturated heterocycles. The van der Waals surface area contributed by atoms with E-state index in [2.05, 4.69) is 0 Å². The number of carbonyl (C=O) groups is 1. The minimum Gasteiger partial charge on any atom is -0.493 e. The van der Waals surface area contributed by atoms with Crippen LogP contribution in [0.25, 0.3) is 0 Å². The quantitative estimate of drug-likeness (QED) is 0.652. The van der Waals surface area contributed by atoms with Crippen LogP contribution in [0.15, 0.2) is 18.2 Å². The van der Waals surface area contributed by atoms with E-state index in [9.17, 15) is 4.79 Å². The standard InChI is InChI=1S/C10H10O3/c11-4-6-12-9-2-1-8-3-5-13-10(8)7-9/h1-2,4,7H,3,5-6H2. The Morgan fingerprint density at radius 2 is 2.46 bits per heavy atom. The fourth-order valence-electron chi connectivity index (χ4n) is 1.37. The predicted octanol–water partition coefficient (Wildman–Crippen LogP) is 1.20. The molecule has 68 valence electrons. The van der Waals surface area contributed by atoms with Gasteiger partial charge in [-0.05, 0) is 11.6 Å². The summed E-state index contributed by atoms with van der Waals surface area (Å²) in [5.41, 5.74) is 1.21. The van der Waals surface area contributed by atoms with Crippen molar-refractivity contribution < 1.29 is 14.3 Å². The molecule has 1 heterocycles. The fraction of sp³-hybridized carbons (Fsp3) is 0.300. The van der Waals surface area contributed by atoms with E-state index < -0.39 is 0 Å². The lowest BCUT2D eigenvalue weighted by atomic mass is 10.2. The lowest BCUT2D eigenvalue weighted by Gasteiger charge is -2.03. The van der Waals surface area contributed by atoms with Gasteiger partial charge in [0.25, 0.3) is 0 Å². The second kappa shape index (κ2) is 3.47. The van der Waals surface area contributed by atoms with E-state index in [0.717, 1.165) is 25.1 Å². The first-order valence-electron chi connectivity index (χ1n) is 4.22. The topological polar surface area (TPSA) is 35.5 Å². The molecule has 0 N–H and O–H groups in total. The second-order valence-electron chi connectivity index (χ2n) is 2.85. The molecule has 13 heavy (non-hydrogen) atoms. The molecule has 0 radical (unpaired) electrons. The molecule has 0 aliphatic carbocycles. The van der Waals surface area contributed by atoms with Crippen LogP contribution in [0.4, 0.5) is 0 Å². The summed E-state index contributed by atoms with van der Waals surface area (Å²) >= 11 is 0. The number of hydrogen-bond donors (Lipinski definition) is 0. The molecule has 1 aliphatic rings. The molecule has 1 aromatic carbocycles. The molecular formula is C10H10O3. The summed E-state index contributed by atoms with van der Waals surface area (Å²) < 4.78 is 10.5. The summed E-state index contributed by atoms with van der Waals surface area (Å²) in [6.45, 7) is 0.839. The van der Waals surface area contributed by atoms with Crippen molar-refractivity contribution in [3.05, 3.63) is 23.8 Å². The average molecular weight is 178 g/mol. The Bertz CT molecular complexity index is 320. The molecule has 1 aliphatic heterocycles. The van der Waals surface area contributed by atoms with Crippen molar-refractivity contribution in [1.29, 1.82) is 0 Å². The summed E-state index contributed by atoms with van der Waals surface area (Å²) in [6, 6.07) is 5.66. The number of ether oxygens (including phenoxy) is 2. The molecule has 3 nitrogen and oxygen atoms in total. The van der Waals surface area contributed by atoms with E-state index >= 15 is 0 Å². The van der Waals surface area contributed by atoms with Crippen LogP contribution in [0.2, 0.25) is 0 Å². The third kappa shape index (κ3) is 1.64. The van der Waals surface area contributed by atoms with Gasteiger partial charge < -0.3 is 9.47 Å². The zero-order valence-electron chi connectivity index (χ0n) is 7.16. The monoisotopic (exact) mass is 178 g/mol. The molecule has 0 saturated carbocycles. The highest BCUT2D eigenvalue weighted by Crippen LogP contribution is 2.29. The summed E-state index contributed by atoms with van der Waals surface area (Å²) in [5, 5.41) is 0. The number of carbonyl (C=O) groups excluding carboxylic acids is 1. The van der Waals surface area contributed by atoms with Gasteiger partial charge in [-0.3, -0.25) is 4.79 Å².